The van der Waals surface area contributed by atoms with E-state index in [0.717, 1.165) is 37.0 Å². The second-order valence-corrected chi connectivity index (χ2v) is 6.75. The zero-order valence-corrected chi connectivity index (χ0v) is 13.9. The van der Waals surface area contributed by atoms with Crippen molar-refractivity contribution >= 4 is 6.03 Å². The van der Waals surface area contributed by atoms with Gasteiger partial charge >= 0.3 is 6.03 Å². The number of piperidine rings is 1. The van der Waals surface area contributed by atoms with Gasteiger partial charge in [0.2, 0.25) is 0 Å². The number of urea groups is 1. The van der Waals surface area contributed by atoms with Crippen molar-refractivity contribution in [3.63, 3.8) is 0 Å². The van der Waals surface area contributed by atoms with E-state index in [9.17, 15) is 4.79 Å². The number of hydrogen-bond donors (Lipinski definition) is 2. The van der Waals surface area contributed by atoms with E-state index in [-0.39, 0.29) is 12.1 Å². The maximum atomic E-state index is 11.9. The maximum absolute atomic E-state index is 11.9. The molecule has 1 aromatic heterocycles. The highest BCUT2D eigenvalue weighted by Gasteiger charge is 2.23. The number of carbonyl (C=O) groups excluding carboxylic acids is 1. The minimum atomic E-state index is -0.116. The van der Waals surface area contributed by atoms with Crippen molar-refractivity contribution < 1.29 is 4.79 Å². The van der Waals surface area contributed by atoms with Gasteiger partial charge in [-0.25, -0.2) is 4.79 Å². The second-order valence-electron chi connectivity index (χ2n) is 6.75. The Morgan fingerprint density at radius 2 is 2.14 bits per heavy atom. The van der Waals surface area contributed by atoms with Gasteiger partial charge in [-0.05, 0) is 36.8 Å². The first-order valence-electron chi connectivity index (χ1n) is 8.18. The highest BCUT2D eigenvalue weighted by molar-refractivity contribution is 5.74. The number of carbonyl (C=O) groups is 1. The first-order chi connectivity index (χ1) is 10.5. The molecule has 1 fully saturated rings. The van der Waals surface area contributed by atoms with Gasteiger partial charge in [0.1, 0.15) is 0 Å². The quantitative estimate of drug-likeness (QED) is 0.877. The fourth-order valence-electron chi connectivity index (χ4n) is 3.33. The summed E-state index contributed by atoms with van der Waals surface area (Å²) in [5.41, 5.74) is 1.00. The Hall–Kier alpha value is -1.62. The van der Waals surface area contributed by atoms with Crippen LogP contribution in [0.3, 0.4) is 0 Å². The predicted octanol–water partition coefficient (Wildman–Crippen LogP) is 2.25. The molecule has 1 aromatic rings. The van der Waals surface area contributed by atoms with Crippen LogP contribution in [0.25, 0.3) is 0 Å². The SMILES string of the molecule is CC1CC(C)CN(CC(C)NC(=O)NCc2cccnc2)C1. The summed E-state index contributed by atoms with van der Waals surface area (Å²) >= 11 is 0. The molecule has 3 unspecified atom stereocenters. The lowest BCUT2D eigenvalue weighted by Crippen LogP contribution is -2.49. The van der Waals surface area contributed by atoms with Gasteiger partial charge in [-0.15, -0.1) is 0 Å². The molecule has 1 aliphatic rings. The number of aromatic nitrogens is 1. The molecular formula is C17H28N4O. The zero-order chi connectivity index (χ0) is 15.9. The van der Waals surface area contributed by atoms with Gasteiger partial charge in [0, 0.05) is 44.6 Å². The largest absolute Gasteiger partial charge is 0.334 e. The molecule has 0 radical (unpaired) electrons. The van der Waals surface area contributed by atoms with Crippen molar-refractivity contribution in [3.8, 4) is 0 Å². The molecular weight excluding hydrogens is 276 g/mol. The van der Waals surface area contributed by atoms with Gasteiger partial charge in [0.25, 0.3) is 0 Å². The third-order valence-corrected chi connectivity index (χ3v) is 4.03. The van der Waals surface area contributed by atoms with E-state index < -0.39 is 0 Å². The predicted molar refractivity (Wildman–Crippen MR) is 88.5 cm³/mol. The number of nitrogens with zero attached hydrogens (tertiary/aromatic N) is 2. The van der Waals surface area contributed by atoms with Gasteiger partial charge < -0.3 is 15.5 Å². The number of amides is 2. The van der Waals surface area contributed by atoms with Gasteiger partial charge in [-0.1, -0.05) is 19.9 Å². The average Bonchev–Trinajstić information content (AvgIpc) is 2.45. The molecule has 2 heterocycles. The van der Waals surface area contributed by atoms with Crippen LogP contribution in [0.1, 0.15) is 32.8 Å². The molecule has 0 aromatic carbocycles. The number of rotatable bonds is 5. The van der Waals surface area contributed by atoms with E-state index in [1.54, 1.807) is 12.4 Å². The maximum Gasteiger partial charge on any atom is 0.315 e. The molecule has 0 spiro atoms. The van der Waals surface area contributed by atoms with Crippen LogP contribution in [0.5, 0.6) is 0 Å². The number of hydrogen-bond acceptors (Lipinski definition) is 3. The third kappa shape index (κ3) is 5.64. The molecule has 2 rings (SSSR count). The van der Waals surface area contributed by atoms with Crippen molar-refractivity contribution in [2.45, 2.75) is 39.8 Å². The number of pyridine rings is 1. The number of nitrogens with one attached hydrogen (secondary N) is 2. The van der Waals surface area contributed by atoms with Crippen LogP contribution in [-0.4, -0.2) is 41.6 Å². The summed E-state index contributed by atoms with van der Waals surface area (Å²) in [5, 5.41) is 5.89. The second kappa shape index (κ2) is 8.13. The van der Waals surface area contributed by atoms with Gasteiger partial charge in [0.15, 0.2) is 0 Å². The van der Waals surface area contributed by atoms with E-state index in [1.165, 1.54) is 6.42 Å². The summed E-state index contributed by atoms with van der Waals surface area (Å²) in [6, 6.07) is 3.85. The van der Waals surface area contributed by atoms with Crippen LogP contribution in [-0.2, 0) is 6.54 Å². The lowest BCUT2D eigenvalue weighted by atomic mass is 9.92. The lowest BCUT2D eigenvalue weighted by Gasteiger charge is -2.36. The molecule has 1 saturated heterocycles. The van der Waals surface area contributed by atoms with E-state index >= 15 is 0 Å². The van der Waals surface area contributed by atoms with Crippen LogP contribution in [0, 0.1) is 11.8 Å². The molecule has 3 atom stereocenters. The highest BCUT2D eigenvalue weighted by atomic mass is 16.2. The standard InChI is InChI=1S/C17H28N4O/c1-13-7-14(2)11-21(10-13)12-15(3)20-17(22)19-9-16-5-4-6-18-8-16/h4-6,8,13-15H,7,9-12H2,1-3H3,(H2,19,20,22). The van der Waals surface area contributed by atoms with Gasteiger partial charge in [0.05, 0.1) is 0 Å². The Bertz CT molecular complexity index is 455. The summed E-state index contributed by atoms with van der Waals surface area (Å²) < 4.78 is 0. The Kier molecular flexibility index (Phi) is 6.19. The average molecular weight is 304 g/mol. The molecule has 0 saturated carbocycles. The lowest BCUT2D eigenvalue weighted by molar-refractivity contribution is 0.131. The van der Waals surface area contributed by atoms with Crippen molar-refractivity contribution in [3.05, 3.63) is 30.1 Å². The van der Waals surface area contributed by atoms with Crippen LogP contribution in [0.4, 0.5) is 4.79 Å². The Morgan fingerprint density at radius 3 is 2.77 bits per heavy atom. The molecule has 122 valence electrons. The topological polar surface area (TPSA) is 57.3 Å². The van der Waals surface area contributed by atoms with Crippen LogP contribution < -0.4 is 10.6 Å². The number of likely N-dealkylation sites (tertiary alicyclic amines) is 1. The Balaban J connectivity index is 1.69. The highest BCUT2D eigenvalue weighted by Crippen LogP contribution is 2.20. The summed E-state index contributed by atoms with van der Waals surface area (Å²) in [4.78, 5) is 18.4. The fourth-order valence-corrected chi connectivity index (χ4v) is 3.33. The van der Waals surface area contributed by atoms with Crippen LogP contribution in [0.15, 0.2) is 24.5 Å². The fraction of sp³-hybridized carbons (Fsp3) is 0.647. The first kappa shape index (κ1) is 16.7. The zero-order valence-electron chi connectivity index (χ0n) is 13.9. The molecule has 2 amide bonds. The Labute approximate surface area is 133 Å². The molecule has 0 aliphatic carbocycles. The monoisotopic (exact) mass is 304 g/mol. The third-order valence-electron chi connectivity index (χ3n) is 4.03. The van der Waals surface area contributed by atoms with Gasteiger partial charge in [-0.3, -0.25) is 4.98 Å². The summed E-state index contributed by atoms with van der Waals surface area (Å²) in [6.07, 6.45) is 4.80. The van der Waals surface area contributed by atoms with Crippen LogP contribution in [0.2, 0.25) is 0 Å². The molecule has 22 heavy (non-hydrogen) atoms. The molecule has 5 nitrogen and oxygen atoms in total. The first-order valence-corrected chi connectivity index (χ1v) is 8.18. The summed E-state index contributed by atoms with van der Waals surface area (Å²) in [7, 11) is 0. The van der Waals surface area contributed by atoms with E-state index in [1.807, 2.05) is 12.1 Å². The normalized spacial score (nSPS) is 23.8. The van der Waals surface area contributed by atoms with Gasteiger partial charge in [-0.2, -0.15) is 0 Å². The Morgan fingerprint density at radius 1 is 1.41 bits per heavy atom. The minimum absolute atomic E-state index is 0.116. The van der Waals surface area contributed by atoms with Crippen molar-refractivity contribution in [1.82, 2.24) is 20.5 Å². The molecule has 2 N–H and O–H groups in total. The summed E-state index contributed by atoms with van der Waals surface area (Å²) in [6.45, 7) is 10.4. The van der Waals surface area contributed by atoms with E-state index in [0.29, 0.717) is 6.54 Å². The minimum Gasteiger partial charge on any atom is -0.334 e. The smallest absolute Gasteiger partial charge is 0.315 e. The van der Waals surface area contributed by atoms with Crippen molar-refractivity contribution in [2.24, 2.45) is 11.8 Å². The summed E-state index contributed by atoms with van der Waals surface area (Å²) in [5.74, 6) is 1.49. The molecule has 1 aliphatic heterocycles. The molecule has 5 heteroatoms. The van der Waals surface area contributed by atoms with Crippen molar-refractivity contribution in [1.29, 1.82) is 0 Å². The van der Waals surface area contributed by atoms with E-state index in [4.69, 9.17) is 0 Å². The van der Waals surface area contributed by atoms with Crippen molar-refractivity contribution in [2.75, 3.05) is 19.6 Å². The molecule has 0 bridgehead atoms. The van der Waals surface area contributed by atoms with Crippen LogP contribution >= 0.6 is 0 Å². The van der Waals surface area contributed by atoms with E-state index in [2.05, 4.69) is 41.3 Å².